The molecule has 3 fully saturated rings. The summed E-state index contributed by atoms with van der Waals surface area (Å²) in [5.74, 6) is 0.792. The molecule has 0 aliphatic carbocycles. The number of hydrogen-bond acceptors (Lipinski definition) is 6. The molecule has 6 rings (SSSR count). The molecular weight excluding hydrogens is 406 g/mol. The molecule has 2 amide bonds. The zero-order valence-corrected chi connectivity index (χ0v) is 17.7. The molecule has 3 saturated heterocycles. The molecule has 7 nitrogen and oxygen atoms in total. The molecule has 0 saturated carbocycles. The molecular formula is C25H23N3O4. The molecule has 0 radical (unpaired) electrons. The molecule has 0 aromatic heterocycles. The Hall–Kier alpha value is -3.37. The van der Waals surface area contributed by atoms with Crippen LogP contribution >= 0.6 is 0 Å². The molecule has 4 aliphatic heterocycles. The highest BCUT2D eigenvalue weighted by Gasteiger charge is 2.64. The number of imide groups is 1. The van der Waals surface area contributed by atoms with E-state index in [2.05, 4.69) is 17.9 Å². The maximum absolute atomic E-state index is 13.7. The van der Waals surface area contributed by atoms with Gasteiger partial charge in [0, 0.05) is 12.1 Å². The van der Waals surface area contributed by atoms with Gasteiger partial charge in [0.25, 0.3) is 0 Å². The van der Waals surface area contributed by atoms with Gasteiger partial charge >= 0.3 is 0 Å². The maximum atomic E-state index is 13.7. The minimum atomic E-state index is -0.391. The summed E-state index contributed by atoms with van der Waals surface area (Å²) in [4.78, 5) is 31.0. The van der Waals surface area contributed by atoms with E-state index in [-0.39, 0.29) is 43.2 Å². The molecule has 0 spiro atoms. The van der Waals surface area contributed by atoms with Crippen molar-refractivity contribution in [2.75, 3.05) is 13.3 Å². The van der Waals surface area contributed by atoms with E-state index in [0.717, 1.165) is 24.1 Å². The Labute approximate surface area is 186 Å². The predicted octanol–water partition coefficient (Wildman–Crippen LogP) is 2.85. The number of benzene rings is 2. The highest BCUT2D eigenvalue weighted by Crippen LogP contribution is 2.54. The molecule has 4 heterocycles. The monoisotopic (exact) mass is 429 g/mol. The smallest absolute Gasteiger partial charge is 0.235 e. The van der Waals surface area contributed by atoms with E-state index < -0.39 is 5.92 Å². The second kappa shape index (κ2) is 7.07. The normalized spacial score (nSPS) is 30.5. The number of rotatable bonds is 3. The minimum absolute atomic E-state index is 0.0684. The average molecular weight is 429 g/mol. The number of hydrogen-bond donors (Lipinski definition) is 0. The Morgan fingerprint density at radius 1 is 1.03 bits per heavy atom. The molecule has 2 aromatic rings. The van der Waals surface area contributed by atoms with Crippen LogP contribution in [0.15, 0.2) is 42.5 Å². The van der Waals surface area contributed by atoms with Crippen molar-refractivity contribution in [1.29, 1.82) is 5.26 Å². The van der Waals surface area contributed by atoms with Crippen LogP contribution in [-0.4, -0.2) is 41.0 Å². The van der Waals surface area contributed by atoms with Gasteiger partial charge in [-0.25, -0.2) is 0 Å². The van der Waals surface area contributed by atoms with E-state index in [0.29, 0.717) is 23.0 Å². The van der Waals surface area contributed by atoms with Crippen LogP contribution in [-0.2, 0) is 16.1 Å². The fraction of sp³-hybridized carbons (Fsp3) is 0.400. The van der Waals surface area contributed by atoms with Gasteiger partial charge in [-0.15, -0.1) is 0 Å². The zero-order valence-electron chi connectivity index (χ0n) is 17.7. The van der Waals surface area contributed by atoms with E-state index in [9.17, 15) is 9.59 Å². The van der Waals surface area contributed by atoms with Crippen molar-refractivity contribution in [3.63, 3.8) is 0 Å². The summed E-state index contributed by atoms with van der Waals surface area (Å²) in [5, 5.41) is 9.16. The van der Waals surface area contributed by atoms with Crippen LogP contribution in [0.1, 0.15) is 36.1 Å². The van der Waals surface area contributed by atoms with Crippen LogP contribution in [0.5, 0.6) is 11.5 Å². The topological polar surface area (TPSA) is 82.9 Å². The van der Waals surface area contributed by atoms with Gasteiger partial charge in [-0.3, -0.25) is 19.4 Å². The fourth-order valence-corrected chi connectivity index (χ4v) is 6.09. The van der Waals surface area contributed by atoms with Crippen molar-refractivity contribution in [2.45, 2.75) is 32.0 Å². The lowest BCUT2D eigenvalue weighted by Gasteiger charge is -2.29. The van der Waals surface area contributed by atoms with Crippen LogP contribution in [0.25, 0.3) is 0 Å². The first-order valence-corrected chi connectivity index (χ1v) is 11.1. The molecule has 4 aliphatic rings. The summed E-state index contributed by atoms with van der Waals surface area (Å²) in [6.07, 6.45) is 1.02. The lowest BCUT2D eigenvalue weighted by atomic mass is 9.82. The van der Waals surface area contributed by atoms with Crippen LogP contribution in [0.3, 0.4) is 0 Å². The van der Waals surface area contributed by atoms with Gasteiger partial charge in [0.05, 0.1) is 30.0 Å². The van der Waals surface area contributed by atoms with E-state index in [1.165, 1.54) is 4.90 Å². The third-order valence-corrected chi connectivity index (χ3v) is 7.52. The van der Waals surface area contributed by atoms with Gasteiger partial charge in [0.2, 0.25) is 18.6 Å². The van der Waals surface area contributed by atoms with Crippen molar-refractivity contribution in [2.24, 2.45) is 17.8 Å². The summed E-state index contributed by atoms with van der Waals surface area (Å²) in [7, 11) is 0. The van der Waals surface area contributed by atoms with Gasteiger partial charge in [-0.2, -0.15) is 5.26 Å². The largest absolute Gasteiger partial charge is 0.454 e. The highest BCUT2D eigenvalue weighted by molar-refractivity contribution is 6.06. The third-order valence-electron chi connectivity index (χ3n) is 7.52. The Bertz CT molecular complexity index is 1150. The lowest BCUT2D eigenvalue weighted by molar-refractivity contribution is -0.142. The summed E-state index contributed by atoms with van der Waals surface area (Å²) in [6, 6.07) is 15.1. The molecule has 7 heteroatoms. The average Bonchev–Trinajstić information content (AvgIpc) is 3.55. The van der Waals surface area contributed by atoms with E-state index in [1.54, 1.807) is 12.1 Å². The Kier molecular flexibility index (Phi) is 4.27. The van der Waals surface area contributed by atoms with Crippen LogP contribution in [0.2, 0.25) is 0 Å². The Morgan fingerprint density at radius 2 is 1.78 bits per heavy atom. The number of fused-ring (bicyclic) bond motifs is 4. The van der Waals surface area contributed by atoms with E-state index >= 15 is 0 Å². The molecule has 2 aromatic carbocycles. The number of amides is 2. The van der Waals surface area contributed by atoms with Crippen molar-refractivity contribution in [3.05, 3.63) is 59.2 Å². The first-order valence-electron chi connectivity index (χ1n) is 11.1. The van der Waals surface area contributed by atoms with Crippen molar-refractivity contribution in [3.8, 4) is 17.6 Å². The highest BCUT2D eigenvalue weighted by atomic mass is 16.7. The number of carbonyl (C=O) groups is 2. The standard InChI is InChI=1S/C25H23N3O4/c1-14-8-9-27-22(14)20-21(23(27)17-5-2-15(11-26)3-6-17)25(30)28(24(20)29)12-16-4-7-18-19(10-16)32-13-31-18/h2-7,10,14,20-23H,8-9,12-13H2,1H3/t14-,20+,21-,22-,23-/m0/s1. The number of nitriles is 1. The summed E-state index contributed by atoms with van der Waals surface area (Å²) in [5.41, 5.74) is 2.44. The summed E-state index contributed by atoms with van der Waals surface area (Å²) >= 11 is 0. The van der Waals surface area contributed by atoms with Crippen molar-refractivity contribution < 1.29 is 19.1 Å². The van der Waals surface area contributed by atoms with Crippen LogP contribution in [0, 0.1) is 29.1 Å². The Balaban J connectivity index is 1.35. The molecule has 0 N–H and O–H groups in total. The SMILES string of the molecule is C[C@H]1CCN2[C@@H]1[C@@H]1C(=O)N(Cc3ccc4c(c3)OCO4)C(=O)[C@@H]1[C@@H]2c1ccc(C#N)cc1. The maximum Gasteiger partial charge on any atom is 0.235 e. The molecule has 162 valence electrons. The molecule has 5 atom stereocenters. The van der Waals surface area contributed by atoms with Crippen LogP contribution < -0.4 is 9.47 Å². The second-order valence-corrected chi connectivity index (χ2v) is 9.17. The van der Waals surface area contributed by atoms with E-state index in [1.807, 2.05) is 30.3 Å². The Morgan fingerprint density at radius 3 is 2.56 bits per heavy atom. The van der Waals surface area contributed by atoms with Gasteiger partial charge in [-0.1, -0.05) is 25.1 Å². The zero-order chi connectivity index (χ0) is 22.0. The van der Waals surface area contributed by atoms with Crippen LogP contribution in [0.4, 0.5) is 0 Å². The minimum Gasteiger partial charge on any atom is -0.454 e. The molecule has 32 heavy (non-hydrogen) atoms. The van der Waals surface area contributed by atoms with Gasteiger partial charge in [0.1, 0.15) is 0 Å². The predicted molar refractivity (Wildman–Crippen MR) is 113 cm³/mol. The van der Waals surface area contributed by atoms with Crippen molar-refractivity contribution >= 4 is 11.8 Å². The lowest BCUT2D eigenvalue weighted by Crippen LogP contribution is -2.40. The number of carbonyl (C=O) groups excluding carboxylic acids is 2. The first-order chi connectivity index (χ1) is 15.6. The summed E-state index contributed by atoms with van der Waals surface area (Å²) in [6.45, 7) is 3.49. The number of ether oxygens (including phenoxy) is 2. The third kappa shape index (κ3) is 2.69. The second-order valence-electron chi connectivity index (χ2n) is 9.17. The molecule has 0 unspecified atom stereocenters. The quantitative estimate of drug-likeness (QED) is 0.698. The van der Waals surface area contributed by atoms with Gasteiger partial charge < -0.3 is 9.47 Å². The van der Waals surface area contributed by atoms with E-state index in [4.69, 9.17) is 14.7 Å². The van der Waals surface area contributed by atoms with Gasteiger partial charge in [-0.05, 0) is 54.3 Å². The number of likely N-dealkylation sites (tertiary alicyclic amines) is 1. The van der Waals surface area contributed by atoms with Gasteiger partial charge in [0.15, 0.2) is 11.5 Å². The fourth-order valence-electron chi connectivity index (χ4n) is 6.09. The molecule has 0 bridgehead atoms. The first kappa shape index (κ1) is 19.3. The summed E-state index contributed by atoms with van der Waals surface area (Å²) < 4.78 is 10.8. The number of nitrogens with zero attached hydrogens (tertiary/aromatic N) is 3. The van der Waals surface area contributed by atoms with Crippen molar-refractivity contribution in [1.82, 2.24) is 9.80 Å².